The lowest BCUT2D eigenvalue weighted by Crippen LogP contribution is -2.13. The van der Waals surface area contributed by atoms with E-state index in [1.54, 1.807) is 6.07 Å². The molecule has 0 bridgehead atoms. The first kappa shape index (κ1) is 10.4. The molecule has 0 aliphatic heterocycles. The maximum Gasteiger partial charge on any atom is 0.124 e. The summed E-state index contributed by atoms with van der Waals surface area (Å²) < 4.78 is 0. The monoisotopic (exact) mass is 225 g/mol. The number of imidazole rings is 1. The van der Waals surface area contributed by atoms with Crippen LogP contribution in [0.25, 0.3) is 11.0 Å². The topological polar surface area (TPSA) is 74.9 Å². The normalized spacial score (nSPS) is 13.3. The van der Waals surface area contributed by atoms with Gasteiger partial charge in [-0.05, 0) is 18.6 Å². The van der Waals surface area contributed by atoms with Crippen LogP contribution in [-0.2, 0) is 0 Å². The molecule has 4 N–H and O–H groups in total. The van der Waals surface area contributed by atoms with E-state index < -0.39 is 0 Å². The molecule has 2 rings (SSSR count). The number of hydrogen-bond donors (Lipinski definition) is 3. The van der Waals surface area contributed by atoms with E-state index in [0.717, 1.165) is 11.0 Å². The molecule has 2 aromatic rings. The molecular formula is C10H12ClN3O. The van der Waals surface area contributed by atoms with Gasteiger partial charge in [0.15, 0.2) is 0 Å². The van der Waals surface area contributed by atoms with E-state index in [1.807, 2.05) is 12.1 Å². The maximum absolute atomic E-state index is 8.78. The Bertz CT molecular complexity index is 469. The van der Waals surface area contributed by atoms with Gasteiger partial charge in [0.25, 0.3) is 0 Å². The number of para-hydroxylation sites is 1. The van der Waals surface area contributed by atoms with Gasteiger partial charge in [-0.15, -0.1) is 0 Å². The number of halogens is 1. The Kier molecular flexibility index (Phi) is 2.90. The smallest absolute Gasteiger partial charge is 0.124 e. The molecular weight excluding hydrogens is 214 g/mol. The first-order valence-corrected chi connectivity index (χ1v) is 5.10. The zero-order valence-corrected chi connectivity index (χ0v) is 8.83. The van der Waals surface area contributed by atoms with Crippen molar-refractivity contribution in [1.82, 2.24) is 9.97 Å². The number of aliphatic hydroxyl groups excluding tert-OH is 1. The summed E-state index contributed by atoms with van der Waals surface area (Å²) in [5.74, 6) is 0.659. The van der Waals surface area contributed by atoms with Gasteiger partial charge in [0.1, 0.15) is 11.3 Å². The van der Waals surface area contributed by atoms with E-state index in [9.17, 15) is 0 Å². The SMILES string of the molecule is N[C@@H](CCO)c1nc2c(Cl)cccc2[nH]1. The Morgan fingerprint density at radius 1 is 1.53 bits per heavy atom. The molecule has 0 unspecified atom stereocenters. The van der Waals surface area contributed by atoms with Gasteiger partial charge in [0.05, 0.1) is 16.6 Å². The molecule has 0 aliphatic carbocycles. The van der Waals surface area contributed by atoms with Gasteiger partial charge in [-0.3, -0.25) is 0 Å². The summed E-state index contributed by atoms with van der Waals surface area (Å²) in [7, 11) is 0. The molecule has 1 heterocycles. The quantitative estimate of drug-likeness (QED) is 0.743. The van der Waals surface area contributed by atoms with E-state index in [2.05, 4.69) is 9.97 Å². The number of hydrogen-bond acceptors (Lipinski definition) is 3. The molecule has 0 fully saturated rings. The van der Waals surface area contributed by atoms with Crippen LogP contribution >= 0.6 is 11.6 Å². The van der Waals surface area contributed by atoms with Crippen molar-refractivity contribution in [3.05, 3.63) is 29.0 Å². The van der Waals surface area contributed by atoms with E-state index >= 15 is 0 Å². The molecule has 80 valence electrons. The highest BCUT2D eigenvalue weighted by Crippen LogP contribution is 2.23. The van der Waals surface area contributed by atoms with Gasteiger partial charge >= 0.3 is 0 Å². The summed E-state index contributed by atoms with van der Waals surface area (Å²) in [5, 5.41) is 9.38. The largest absolute Gasteiger partial charge is 0.396 e. The molecule has 4 nitrogen and oxygen atoms in total. The van der Waals surface area contributed by atoms with E-state index in [1.165, 1.54) is 0 Å². The van der Waals surface area contributed by atoms with E-state index in [-0.39, 0.29) is 12.6 Å². The molecule has 1 atom stereocenters. The number of nitrogens with two attached hydrogens (primary N) is 1. The summed E-state index contributed by atoms with van der Waals surface area (Å²) in [6.07, 6.45) is 0.484. The molecule has 0 radical (unpaired) electrons. The first-order valence-electron chi connectivity index (χ1n) is 4.73. The highest BCUT2D eigenvalue weighted by atomic mass is 35.5. The molecule has 1 aromatic carbocycles. The van der Waals surface area contributed by atoms with Crippen molar-refractivity contribution in [3.63, 3.8) is 0 Å². The summed E-state index contributed by atoms with van der Waals surface area (Å²) in [6.45, 7) is 0.0476. The fourth-order valence-electron chi connectivity index (χ4n) is 1.47. The third-order valence-corrected chi connectivity index (χ3v) is 2.58. The van der Waals surface area contributed by atoms with Crippen molar-refractivity contribution >= 4 is 22.6 Å². The van der Waals surface area contributed by atoms with Crippen molar-refractivity contribution in [2.45, 2.75) is 12.5 Å². The highest BCUT2D eigenvalue weighted by molar-refractivity contribution is 6.34. The van der Waals surface area contributed by atoms with Crippen molar-refractivity contribution in [2.75, 3.05) is 6.61 Å². The summed E-state index contributed by atoms with van der Waals surface area (Å²) in [6, 6.07) is 5.25. The molecule has 0 amide bonds. The standard InChI is InChI=1S/C10H12ClN3O/c11-6-2-1-3-8-9(6)14-10(13-8)7(12)4-5-15/h1-3,7,15H,4-5,12H2,(H,13,14)/t7-/m0/s1. The minimum Gasteiger partial charge on any atom is -0.396 e. The van der Waals surface area contributed by atoms with Crippen LogP contribution in [0.15, 0.2) is 18.2 Å². The molecule has 15 heavy (non-hydrogen) atoms. The van der Waals surface area contributed by atoms with Gasteiger partial charge < -0.3 is 15.8 Å². The third-order valence-electron chi connectivity index (χ3n) is 2.27. The minimum absolute atomic E-state index is 0.0476. The molecule has 0 aliphatic rings. The number of aliphatic hydroxyl groups is 1. The average molecular weight is 226 g/mol. The van der Waals surface area contributed by atoms with Crippen LogP contribution in [0.2, 0.25) is 5.02 Å². The van der Waals surface area contributed by atoms with Crippen LogP contribution in [0, 0.1) is 0 Å². The van der Waals surface area contributed by atoms with Crippen LogP contribution in [-0.4, -0.2) is 21.7 Å². The number of nitrogens with zero attached hydrogens (tertiary/aromatic N) is 1. The third kappa shape index (κ3) is 1.97. The Morgan fingerprint density at radius 2 is 2.33 bits per heavy atom. The Morgan fingerprint density at radius 3 is 3.00 bits per heavy atom. The molecule has 0 saturated carbocycles. The number of rotatable bonds is 3. The fraction of sp³-hybridized carbons (Fsp3) is 0.300. The lowest BCUT2D eigenvalue weighted by molar-refractivity contribution is 0.275. The van der Waals surface area contributed by atoms with Crippen LogP contribution in [0.5, 0.6) is 0 Å². The van der Waals surface area contributed by atoms with Gasteiger partial charge in [-0.1, -0.05) is 17.7 Å². The van der Waals surface area contributed by atoms with Crippen LogP contribution in [0.1, 0.15) is 18.3 Å². The van der Waals surface area contributed by atoms with Crippen LogP contribution in [0.3, 0.4) is 0 Å². The van der Waals surface area contributed by atoms with Crippen LogP contribution in [0.4, 0.5) is 0 Å². The lowest BCUT2D eigenvalue weighted by Gasteiger charge is -2.04. The van der Waals surface area contributed by atoms with Crippen molar-refractivity contribution < 1.29 is 5.11 Å². The second-order valence-corrected chi connectivity index (χ2v) is 3.78. The van der Waals surface area contributed by atoms with Crippen molar-refractivity contribution in [3.8, 4) is 0 Å². The molecule has 1 aromatic heterocycles. The second-order valence-electron chi connectivity index (χ2n) is 3.38. The van der Waals surface area contributed by atoms with Crippen LogP contribution < -0.4 is 5.73 Å². The van der Waals surface area contributed by atoms with Gasteiger partial charge in [-0.2, -0.15) is 0 Å². The molecule has 0 saturated heterocycles. The fourth-order valence-corrected chi connectivity index (χ4v) is 1.68. The number of aromatic nitrogens is 2. The van der Waals surface area contributed by atoms with Gasteiger partial charge in [-0.25, -0.2) is 4.98 Å². The second kappa shape index (κ2) is 4.18. The first-order chi connectivity index (χ1) is 7.22. The number of H-pyrrole nitrogens is 1. The number of benzene rings is 1. The minimum atomic E-state index is -0.279. The molecule has 0 spiro atoms. The summed E-state index contributed by atoms with van der Waals surface area (Å²) >= 11 is 5.98. The van der Waals surface area contributed by atoms with E-state index in [4.69, 9.17) is 22.4 Å². The maximum atomic E-state index is 8.78. The Balaban J connectivity index is 2.43. The zero-order valence-electron chi connectivity index (χ0n) is 8.07. The average Bonchev–Trinajstić information content (AvgIpc) is 2.63. The summed E-state index contributed by atoms with van der Waals surface area (Å²) in [4.78, 5) is 7.40. The predicted molar refractivity (Wildman–Crippen MR) is 59.7 cm³/mol. The number of nitrogens with one attached hydrogen (secondary N) is 1. The van der Waals surface area contributed by atoms with Crippen molar-refractivity contribution in [1.29, 1.82) is 0 Å². The van der Waals surface area contributed by atoms with E-state index in [0.29, 0.717) is 17.3 Å². The predicted octanol–water partition coefficient (Wildman–Crippen LogP) is 1.60. The summed E-state index contributed by atoms with van der Waals surface area (Å²) in [5.41, 5.74) is 7.41. The Hall–Kier alpha value is -1.10. The highest BCUT2D eigenvalue weighted by Gasteiger charge is 2.11. The van der Waals surface area contributed by atoms with Crippen molar-refractivity contribution in [2.24, 2.45) is 5.73 Å². The van der Waals surface area contributed by atoms with Gasteiger partial charge in [0, 0.05) is 6.61 Å². The lowest BCUT2D eigenvalue weighted by atomic mass is 10.2. The number of aromatic amines is 1. The zero-order chi connectivity index (χ0) is 10.8. The molecule has 5 heteroatoms. The van der Waals surface area contributed by atoms with Gasteiger partial charge in [0.2, 0.25) is 0 Å². The Labute approximate surface area is 92.1 Å². The number of fused-ring (bicyclic) bond motifs is 1.